The van der Waals surface area contributed by atoms with Gasteiger partial charge in [0.05, 0.1) is 18.2 Å². The number of nitrogens with one attached hydrogen (secondary N) is 1. The molecule has 0 saturated carbocycles. The summed E-state index contributed by atoms with van der Waals surface area (Å²) in [4.78, 5) is 37.7. The number of hydrogen-bond acceptors (Lipinski definition) is 9. The summed E-state index contributed by atoms with van der Waals surface area (Å²) >= 11 is 0. The van der Waals surface area contributed by atoms with Gasteiger partial charge in [0.1, 0.15) is 17.6 Å². The third kappa shape index (κ3) is 15.4. The first-order valence-electron chi connectivity index (χ1n) is 12.9. The number of carboxylic acids is 3. The van der Waals surface area contributed by atoms with Crippen LogP contribution in [0.5, 0.6) is 0 Å². The van der Waals surface area contributed by atoms with Crippen LogP contribution in [0.2, 0.25) is 0 Å². The molecule has 2 saturated heterocycles. The maximum absolute atomic E-state index is 10.6. The first-order valence-corrected chi connectivity index (χ1v) is 12.9. The Hall–Kier alpha value is -4.71. The van der Waals surface area contributed by atoms with E-state index in [4.69, 9.17) is 39.7 Å². The van der Waals surface area contributed by atoms with E-state index < -0.39 is 36.4 Å². The fraction of sp³-hybridized carbons (Fsp3) is 0.462. The van der Waals surface area contributed by atoms with Crippen LogP contribution in [-0.4, -0.2) is 98.0 Å². The predicted octanol–water partition coefficient (Wildman–Crippen LogP) is 4.48. The van der Waals surface area contributed by atoms with Gasteiger partial charge in [-0.2, -0.15) is 44.8 Å². The average molecular weight is 692 g/mol. The summed E-state index contributed by atoms with van der Waals surface area (Å²) in [7, 11) is 0. The van der Waals surface area contributed by atoms with Gasteiger partial charge in [0, 0.05) is 31.9 Å². The molecule has 2 aromatic heterocycles. The number of rotatable bonds is 4. The molecule has 12 nitrogen and oxygen atoms in total. The van der Waals surface area contributed by atoms with Crippen LogP contribution in [0.4, 0.5) is 45.3 Å². The number of alkyl halides is 9. The predicted molar refractivity (Wildman–Crippen MR) is 139 cm³/mol. The first kappa shape index (κ1) is 40.3. The van der Waals surface area contributed by atoms with Crippen molar-refractivity contribution in [1.29, 1.82) is 5.26 Å². The standard InChI is InChI=1S/C20H23N5O.3C2HF3O2/c21-11-17-5-1-6-19(23-17)24-18-10-20(26-14-18)7-3-9-25(15-20)13-16-4-2-8-22-12-16;3*3-2(4,5)1(6)7/h1-2,4-6,8,12,18H,3,7,9-10,13-15H2,(H,23,24);3*(H,6,7). The average Bonchev–Trinajstić information content (AvgIpc) is 3.34. The van der Waals surface area contributed by atoms with Crippen molar-refractivity contribution in [2.45, 2.75) is 56.0 Å². The van der Waals surface area contributed by atoms with Crippen molar-refractivity contribution in [1.82, 2.24) is 14.9 Å². The van der Waals surface area contributed by atoms with Gasteiger partial charge in [-0.15, -0.1) is 0 Å². The Morgan fingerprint density at radius 2 is 1.51 bits per heavy atom. The first-order chi connectivity index (χ1) is 21.6. The third-order valence-corrected chi connectivity index (χ3v) is 5.90. The Balaban J connectivity index is 0.000000430. The number of carbonyl (C=O) groups is 3. The van der Waals surface area contributed by atoms with Crippen LogP contribution in [0.1, 0.15) is 30.5 Å². The third-order valence-electron chi connectivity index (χ3n) is 5.90. The SMILES string of the molecule is N#Cc1cccc(NC2COC3(CCCN(Cc4cccnc4)C3)C2)n1.O=C(O)C(F)(F)F.O=C(O)C(F)(F)F.O=C(O)C(F)(F)F. The molecule has 2 aliphatic heterocycles. The Morgan fingerprint density at radius 1 is 0.957 bits per heavy atom. The summed E-state index contributed by atoms with van der Waals surface area (Å²) in [5.74, 6) is -7.52. The van der Waals surface area contributed by atoms with Gasteiger partial charge in [-0.3, -0.25) is 9.88 Å². The van der Waals surface area contributed by atoms with Gasteiger partial charge in [-0.1, -0.05) is 12.1 Å². The Labute approximate surface area is 259 Å². The van der Waals surface area contributed by atoms with E-state index in [0.29, 0.717) is 12.3 Å². The van der Waals surface area contributed by atoms with Crippen molar-refractivity contribution in [3.63, 3.8) is 0 Å². The number of halogens is 9. The number of anilines is 1. The summed E-state index contributed by atoms with van der Waals surface area (Å²) in [5, 5.41) is 33.8. The number of likely N-dealkylation sites (tertiary alicyclic amines) is 1. The van der Waals surface area contributed by atoms with Crippen molar-refractivity contribution < 1.29 is 74.0 Å². The molecular formula is C26H26F9N5O7. The van der Waals surface area contributed by atoms with E-state index in [1.54, 1.807) is 6.07 Å². The molecule has 0 aromatic carbocycles. The number of nitrogens with zero attached hydrogens (tertiary/aromatic N) is 4. The van der Waals surface area contributed by atoms with Crippen LogP contribution in [0.15, 0.2) is 42.7 Å². The lowest BCUT2D eigenvalue weighted by atomic mass is 9.88. The molecule has 0 amide bonds. The maximum Gasteiger partial charge on any atom is 0.490 e. The molecule has 2 atom stereocenters. The van der Waals surface area contributed by atoms with Crippen molar-refractivity contribution >= 4 is 23.7 Å². The molecular weight excluding hydrogens is 665 g/mol. The normalized spacial score (nSPS) is 19.4. The zero-order chi connectivity index (χ0) is 36.1. The van der Waals surface area contributed by atoms with Crippen molar-refractivity contribution in [3.8, 4) is 6.07 Å². The second-order valence-electron chi connectivity index (χ2n) is 9.64. The zero-order valence-corrected chi connectivity index (χ0v) is 23.7. The van der Waals surface area contributed by atoms with Gasteiger partial charge in [0.15, 0.2) is 0 Å². The molecule has 4 rings (SSSR count). The van der Waals surface area contributed by atoms with Crippen molar-refractivity contribution in [2.75, 3.05) is 25.0 Å². The molecule has 2 fully saturated rings. The summed E-state index contributed by atoms with van der Waals surface area (Å²) < 4.78 is 101. The lowest BCUT2D eigenvalue weighted by Gasteiger charge is -2.39. The number of aromatic nitrogens is 2. The lowest BCUT2D eigenvalue weighted by molar-refractivity contribution is -0.193. The van der Waals surface area contributed by atoms with Gasteiger partial charge >= 0.3 is 36.4 Å². The largest absolute Gasteiger partial charge is 0.490 e. The van der Waals surface area contributed by atoms with Crippen molar-refractivity contribution in [2.24, 2.45) is 0 Å². The second-order valence-corrected chi connectivity index (χ2v) is 9.64. The topological polar surface area (TPSA) is 186 Å². The Bertz CT molecular complexity index is 1310. The molecule has 2 aromatic rings. The van der Waals surface area contributed by atoms with E-state index in [1.165, 1.54) is 5.56 Å². The minimum atomic E-state index is -5.08. The van der Waals surface area contributed by atoms with Crippen LogP contribution in [0.3, 0.4) is 0 Å². The molecule has 0 aliphatic carbocycles. The highest BCUT2D eigenvalue weighted by molar-refractivity contribution is 5.73. The van der Waals surface area contributed by atoms with E-state index >= 15 is 0 Å². The number of ether oxygens (including phenoxy) is 1. The zero-order valence-electron chi connectivity index (χ0n) is 23.7. The highest BCUT2D eigenvalue weighted by Crippen LogP contribution is 2.36. The Kier molecular flexibility index (Phi) is 14.8. The quantitative estimate of drug-likeness (QED) is 0.330. The number of piperidine rings is 1. The molecule has 0 radical (unpaired) electrons. The number of aliphatic carboxylic acids is 3. The van der Waals surface area contributed by atoms with Gasteiger partial charge in [0.2, 0.25) is 0 Å². The Morgan fingerprint density at radius 3 is 1.98 bits per heavy atom. The molecule has 4 N–H and O–H groups in total. The van der Waals surface area contributed by atoms with Crippen LogP contribution >= 0.6 is 0 Å². The lowest BCUT2D eigenvalue weighted by Crippen LogP contribution is -2.47. The smallest absolute Gasteiger partial charge is 0.475 e. The second kappa shape index (κ2) is 17.3. The molecule has 2 unspecified atom stereocenters. The van der Waals surface area contributed by atoms with E-state index in [1.807, 2.05) is 30.6 Å². The fourth-order valence-corrected chi connectivity index (χ4v) is 4.08. The highest BCUT2D eigenvalue weighted by Gasteiger charge is 2.43. The number of carboxylic acid groups (broad SMARTS) is 3. The molecule has 2 aliphatic rings. The van der Waals surface area contributed by atoms with Gasteiger partial charge in [0.25, 0.3) is 0 Å². The molecule has 260 valence electrons. The number of pyridine rings is 2. The number of hydrogen-bond donors (Lipinski definition) is 4. The number of nitriles is 1. The van der Waals surface area contributed by atoms with E-state index in [0.717, 1.165) is 44.7 Å². The van der Waals surface area contributed by atoms with Crippen LogP contribution < -0.4 is 5.32 Å². The molecule has 21 heteroatoms. The fourth-order valence-electron chi connectivity index (χ4n) is 4.08. The van der Waals surface area contributed by atoms with E-state index in [-0.39, 0.29) is 11.6 Å². The van der Waals surface area contributed by atoms with Crippen molar-refractivity contribution in [3.05, 3.63) is 54.0 Å². The minimum absolute atomic E-state index is 0.0784. The highest BCUT2D eigenvalue weighted by atomic mass is 19.4. The van der Waals surface area contributed by atoms with Crippen LogP contribution in [0.25, 0.3) is 0 Å². The van der Waals surface area contributed by atoms with Gasteiger partial charge in [-0.25, -0.2) is 19.4 Å². The van der Waals surface area contributed by atoms with Gasteiger partial charge < -0.3 is 25.4 Å². The molecule has 1 spiro atoms. The molecule has 0 bridgehead atoms. The van der Waals surface area contributed by atoms with Crippen LogP contribution in [-0.2, 0) is 25.7 Å². The molecule has 4 heterocycles. The summed E-state index contributed by atoms with van der Waals surface area (Å²) in [6.45, 7) is 3.65. The molecule has 47 heavy (non-hydrogen) atoms. The van der Waals surface area contributed by atoms with E-state index in [9.17, 15) is 39.5 Å². The monoisotopic (exact) mass is 691 g/mol. The minimum Gasteiger partial charge on any atom is -0.475 e. The van der Waals surface area contributed by atoms with E-state index in [2.05, 4.69) is 32.3 Å². The summed E-state index contributed by atoms with van der Waals surface area (Å²) in [6.07, 6.45) is -8.29. The summed E-state index contributed by atoms with van der Waals surface area (Å²) in [5.41, 5.74) is 1.60. The van der Waals surface area contributed by atoms with Gasteiger partial charge in [-0.05, 0) is 43.1 Å². The summed E-state index contributed by atoms with van der Waals surface area (Å²) in [6, 6.07) is 11.9. The van der Waals surface area contributed by atoms with Crippen LogP contribution in [0, 0.1) is 11.3 Å². The maximum atomic E-state index is 10.6.